The number of hydrogen-bond acceptors (Lipinski definition) is 3. The van der Waals surface area contributed by atoms with E-state index in [0.29, 0.717) is 0 Å². The number of methoxy groups -OCH3 is 1. The molecule has 1 atom stereocenters. The largest absolute Gasteiger partial charge is 0.370 e. The zero-order chi connectivity index (χ0) is 13.8. The van der Waals surface area contributed by atoms with E-state index in [1.807, 2.05) is 36.4 Å². The third kappa shape index (κ3) is 2.64. The number of thiazole rings is 1. The first kappa shape index (κ1) is 13.0. The molecule has 3 rings (SSSR count). The summed E-state index contributed by atoms with van der Waals surface area (Å²) in [4.78, 5) is 4.72. The van der Waals surface area contributed by atoms with Gasteiger partial charge in [-0.05, 0) is 5.56 Å². The van der Waals surface area contributed by atoms with Crippen molar-refractivity contribution in [3.63, 3.8) is 0 Å². The third-order valence-corrected chi connectivity index (χ3v) is 4.04. The molecule has 0 N–H and O–H groups in total. The van der Waals surface area contributed by atoms with Gasteiger partial charge in [-0.25, -0.2) is 4.98 Å². The fraction of sp³-hybridized carbons (Fsp3) is 0.118. The zero-order valence-electron chi connectivity index (χ0n) is 11.2. The Balaban J connectivity index is 1.93. The van der Waals surface area contributed by atoms with E-state index in [9.17, 15) is 0 Å². The SMILES string of the molecule is COC(c1ccccc1)c1nc(-c2ccccc2)cs1. The molecule has 0 bridgehead atoms. The molecule has 0 saturated carbocycles. The lowest BCUT2D eigenvalue weighted by molar-refractivity contribution is 0.136. The number of nitrogens with zero attached hydrogens (tertiary/aromatic N) is 1. The predicted molar refractivity (Wildman–Crippen MR) is 82.8 cm³/mol. The van der Waals surface area contributed by atoms with Crippen LogP contribution < -0.4 is 0 Å². The first-order valence-electron chi connectivity index (χ1n) is 6.47. The molecule has 100 valence electrons. The van der Waals surface area contributed by atoms with Crippen LogP contribution in [0, 0.1) is 0 Å². The quantitative estimate of drug-likeness (QED) is 0.700. The van der Waals surface area contributed by atoms with Crippen LogP contribution in [0.4, 0.5) is 0 Å². The molecule has 0 aliphatic heterocycles. The number of hydrogen-bond donors (Lipinski definition) is 0. The monoisotopic (exact) mass is 281 g/mol. The number of rotatable bonds is 4. The van der Waals surface area contributed by atoms with E-state index in [1.165, 1.54) is 0 Å². The van der Waals surface area contributed by atoms with E-state index in [2.05, 4.69) is 29.6 Å². The zero-order valence-corrected chi connectivity index (χ0v) is 12.0. The van der Waals surface area contributed by atoms with Crippen molar-refractivity contribution in [2.24, 2.45) is 0 Å². The van der Waals surface area contributed by atoms with Crippen molar-refractivity contribution >= 4 is 11.3 Å². The molecule has 0 aliphatic rings. The summed E-state index contributed by atoms with van der Waals surface area (Å²) in [5.74, 6) is 0. The second kappa shape index (κ2) is 5.99. The maximum atomic E-state index is 5.62. The van der Waals surface area contributed by atoms with Crippen molar-refractivity contribution in [1.29, 1.82) is 0 Å². The first-order chi connectivity index (χ1) is 9.88. The molecule has 0 aliphatic carbocycles. The van der Waals surface area contributed by atoms with Gasteiger partial charge in [0.2, 0.25) is 0 Å². The van der Waals surface area contributed by atoms with Crippen LogP contribution in [0.3, 0.4) is 0 Å². The number of aromatic nitrogens is 1. The molecule has 1 aromatic heterocycles. The molecule has 0 amide bonds. The van der Waals surface area contributed by atoms with E-state index in [0.717, 1.165) is 21.8 Å². The molecule has 3 heteroatoms. The Labute approximate surface area is 122 Å². The van der Waals surface area contributed by atoms with Crippen LogP contribution in [0.15, 0.2) is 66.0 Å². The lowest BCUT2D eigenvalue weighted by Crippen LogP contribution is -2.02. The Hall–Kier alpha value is -1.97. The van der Waals surface area contributed by atoms with Crippen LogP contribution in [-0.2, 0) is 4.74 Å². The number of ether oxygens (including phenoxy) is 1. The lowest BCUT2D eigenvalue weighted by Gasteiger charge is -2.12. The van der Waals surface area contributed by atoms with Crippen LogP contribution in [0.1, 0.15) is 16.7 Å². The summed E-state index contributed by atoms with van der Waals surface area (Å²) in [5.41, 5.74) is 3.27. The van der Waals surface area contributed by atoms with Crippen molar-refractivity contribution < 1.29 is 4.74 Å². The van der Waals surface area contributed by atoms with Crippen LogP contribution in [0.2, 0.25) is 0 Å². The van der Waals surface area contributed by atoms with Crippen molar-refractivity contribution in [2.45, 2.75) is 6.10 Å². The van der Waals surface area contributed by atoms with Gasteiger partial charge in [0, 0.05) is 18.1 Å². The predicted octanol–water partition coefficient (Wildman–Crippen LogP) is 4.55. The van der Waals surface area contributed by atoms with Crippen LogP contribution in [0.25, 0.3) is 11.3 Å². The highest BCUT2D eigenvalue weighted by Crippen LogP contribution is 2.30. The van der Waals surface area contributed by atoms with Gasteiger partial charge in [-0.2, -0.15) is 0 Å². The minimum atomic E-state index is -0.0985. The van der Waals surface area contributed by atoms with E-state index in [1.54, 1.807) is 18.4 Å². The minimum Gasteiger partial charge on any atom is -0.370 e. The third-order valence-electron chi connectivity index (χ3n) is 3.15. The molecule has 20 heavy (non-hydrogen) atoms. The second-order valence-corrected chi connectivity index (χ2v) is 5.35. The minimum absolute atomic E-state index is 0.0985. The molecule has 0 radical (unpaired) electrons. The van der Waals surface area contributed by atoms with Gasteiger partial charge in [0.15, 0.2) is 0 Å². The molecule has 1 heterocycles. The standard InChI is InChI=1S/C17H15NOS/c1-19-16(14-10-6-3-7-11-14)17-18-15(12-20-17)13-8-4-2-5-9-13/h2-12,16H,1H3. The van der Waals surface area contributed by atoms with E-state index >= 15 is 0 Å². The lowest BCUT2D eigenvalue weighted by atomic mass is 10.1. The summed E-state index contributed by atoms with van der Waals surface area (Å²) in [5, 5.41) is 3.07. The average molecular weight is 281 g/mol. The molecule has 0 spiro atoms. The van der Waals surface area contributed by atoms with Crippen molar-refractivity contribution in [3.05, 3.63) is 76.6 Å². The highest BCUT2D eigenvalue weighted by molar-refractivity contribution is 7.10. The van der Waals surface area contributed by atoms with Crippen LogP contribution in [-0.4, -0.2) is 12.1 Å². The summed E-state index contributed by atoms with van der Waals surface area (Å²) in [6.45, 7) is 0. The van der Waals surface area contributed by atoms with Gasteiger partial charge in [0.05, 0.1) is 5.69 Å². The van der Waals surface area contributed by atoms with Crippen LogP contribution in [0.5, 0.6) is 0 Å². The van der Waals surface area contributed by atoms with Gasteiger partial charge in [-0.15, -0.1) is 11.3 Å². The van der Waals surface area contributed by atoms with Gasteiger partial charge >= 0.3 is 0 Å². The molecule has 2 nitrogen and oxygen atoms in total. The van der Waals surface area contributed by atoms with Crippen molar-refractivity contribution in [3.8, 4) is 11.3 Å². The van der Waals surface area contributed by atoms with E-state index in [4.69, 9.17) is 9.72 Å². The summed E-state index contributed by atoms with van der Waals surface area (Å²) in [7, 11) is 1.72. The Kier molecular flexibility index (Phi) is 3.90. The summed E-state index contributed by atoms with van der Waals surface area (Å²) in [6, 6.07) is 20.4. The summed E-state index contributed by atoms with van der Waals surface area (Å²) in [6.07, 6.45) is -0.0985. The van der Waals surface area contributed by atoms with Gasteiger partial charge < -0.3 is 4.74 Å². The summed E-state index contributed by atoms with van der Waals surface area (Å²) < 4.78 is 5.62. The van der Waals surface area contributed by atoms with Gasteiger partial charge in [0.25, 0.3) is 0 Å². The molecule has 3 aromatic rings. The topological polar surface area (TPSA) is 22.1 Å². The van der Waals surface area contributed by atoms with E-state index in [-0.39, 0.29) is 6.10 Å². The van der Waals surface area contributed by atoms with Gasteiger partial charge in [0.1, 0.15) is 11.1 Å². The summed E-state index contributed by atoms with van der Waals surface area (Å²) >= 11 is 1.64. The van der Waals surface area contributed by atoms with Gasteiger partial charge in [-0.3, -0.25) is 0 Å². The Bertz CT molecular complexity index is 664. The number of benzene rings is 2. The van der Waals surface area contributed by atoms with E-state index < -0.39 is 0 Å². The first-order valence-corrected chi connectivity index (χ1v) is 7.35. The molecule has 0 saturated heterocycles. The molecular weight excluding hydrogens is 266 g/mol. The second-order valence-electron chi connectivity index (χ2n) is 4.46. The van der Waals surface area contributed by atoms with Gasteiger partial charge in [-0.1, -0.05) is 60.7 Å². The average Bonchev–Trinajstić information content (AvgIpc) is 3.00. The van der Waals surface area contributed by atoms with Crippen LogP contribution >= 0.6 is 11.3 Å². The smallest absolute Gasteiger partial charge is 0.134 e. The molecule has 1 unspecified atom stereocenters. The molecular formula is C17H15NOS. The normalized spacial score (nSPS) is 12.2. The van der Waals surface area contributed by atoms with Crippen molar-refractivity contribution in [1.82, 2.24) is 4.98 Å². The maximum absolute atomic E-state index is 5.62. The Morgan fingerprint density at radius 2 is 1.60 bits per heavy atom. The Morgan fingerprint density at radius 3 is 2.25 bits per heavy atom. The highest BCUT2D eigenvalue weighted by atomic mass is 32.1. The fourth-order valence-corrected chi connectivity index (χ4v) is 3.08. The van der Waals surface area contributed by atoms with Crippen molar-refractivity contribution in [2.75, 3.05) is 7.11 Å². The Morgan fingerprint density at radius 1 is 0.950 bits per heavy atom. The highest BCUT2D eigenvalue weighted by Gasteiger charge is 2.17. The fourth-order valence-electron chi connectivity index (χ4n) is 2.16. The molecule has 2 aromatic carbocycles. The maximum Gasteiger partial charge on any atom is 0.134 e. The molecule has 0 fully saturated rings.